The number of hydrogen-bond acceptors (Lipinski definition) is 3. The quantitative estimate of drug-likeness (QED) is 0.909. The Bertz CT molecular complexity index is 417. The molecule has 0 aliphatic carbocycles. The van der Waals surface area contributed by atoms with Crippen LogP contribution in [-0.2, 0) is 4.74 Å². The van der Waals surface area contributed by atoms with E-state index in [0.717, 1.165) is 37.4 Å². The molecular formula is C15H22N2O2. The van der Waals surface area contributed by atoms with E-state index in [4.69, 9.17) is 4.74 Å². The SMILES string of the molecule is CCNc1ccc(C(=O)N2CCCOC(C)C2)cc1. The van der Waals surface area contributed by atoms with E-state index in [2.05, 4.69) is 12.2 Å². The van der Waals surface area contributed by atoms with E-state index in [1.807, 2.05) is 36.1 Å². The molecule has 1 aromatic rings. The molecule has 1 atom stereocenters. The summed E-state index contributed by atoms with van der Waals surface area (Å²) in [5, 5.41) is 3.23. The first-order chi connectivity index (χ1) is 9.20. The number of nitrogens with zero attached hydrogens (tertiary/aromatic N) is 1. The number of rotatable bonds is 3. The van der Waals surface area contributed by atoms with Gasteiger partial charge in [-0.05, 0) is 44.5 Å². The molecular weight excluding hydrogens is 240 g/mol. The van der Waals surface area contributed by atoms with E-state index in [-0.39, 0.29) is 12.0 Å². The monoisotopic (exact) mass is 262 g/mol. The molecule has 1 N–H and O–H groups in total. The van der Waals surface area contributed by atoms with Crippen LogP contribution in [0.1, 0.15) is 30.6 Å². The van der Waals surface area contributed by atoms with Crippen LogP contribution in [0, 0.1) is 0 Å². The van der Waals surface area contributed by atoms with Crippen LogP contribution >= 0.6 is 0 Å². The largest absolute Gasteiger partial charge is 0.385 e. The molecule has 0 aromatic heterocycles. The smallest absolute Gasteiger partial charge is 0.253 e. The molecule has 0 radical (unpaired) electrons. The molecule has 104 valence electrons. The Morgan fingerprint density at radius 2 is 2.16 bits per heavy atom. The second-order valence-electron chi connectivity index (χ2n) is 4.89. The number of carbonyl (C=O) groups is 1. The average Bonchev–Trinajstić information content (AvgIpc) is 2.64. The highest BCUT2D eigenvalue weighted by Gasteiger charge is 2.20. The third-order valence-corrected chi connectivity index (χ3v) is 3.25. The van der Waals surface area contributed by atoms with Crippen molar-refractivity contribution in [3.05, 3.63) is 29.8 Å². The Hall–Kier alpha value is -1.55. The van der Waals surface area contributed by atoms with Crippen molar-refractivity contribution in [2.75, 3.05) is 31.6 Å². The molecule has 0 bridgehead atoms. The maximum Gasteiger partial charge on any atom is 0.253 e. The van der Waals surface area contributed by atoms with Gasteiger partial charge in [-0.15, -0.1) is 0 Å². The lowest BCUT2D eigenvalue weighted by molar-refractivity contribution is 0.0563. The van der Waals surface area contributed by atoms with E-state index >= 15 is 0 Å². The molecule has 1 aliphatic heterocycles. The summed E-state index contributed by atoms with van der Waals surface area (Å²) < 4.78 is 5.57. The van der Waals surface area contributed by atoms with Crippen molar-refractivity contribution in [3.63, 3.8) is 0 Å². The van der Waals surface area contributed by atoms with Gasteiger partial charge in [0.1, 0.15) is 0 Å². The first-order valence-corrected chi connectivity index (χ1v) is 6.95. The maximum atomic E-state index is 12.4. The summed E-state index contributed by atoms with van der Waals surface area (Å²) in [7, 11) is 0. The van der Waals surface area contributed by atoms with E-state index in [0.29, 0.717) is 6.54 Å². The number of ether oxygens (including phenoxy) is 1. The van der Waals surface area contributed by atoms with Gasteiger partial charge >= 0.3 is 0 Å². The van der Waals surface area contributed by atoms with Crippen LogP contribution in [0.5, 0.6) is 0 Å². The highest BCUT2D eigenvalue weighted by molar-refractivity contribution is 5.94. The number of benzene rings is 1. The van der Waals surface area contributed by atoms with Gasteiger partial charge in [0.2, 0.25) is 0 Å². The molecule has 1 aromatic carbocycles. The third-order valence-electron chi connectivity index (χ3n) is 3.25. The minimum Gasteiger partial charge on any atom is -0.385 e. The molecule has 0 saturated carbocycles. The fourth-order valence-electron chi connectivity index (χ4n) is 2.30. The first kappa shape index (κ1) is 13.9. The summed E-state index contributed by atoms with van der Waals surface area (Å²) in [6, 6.07) is 7.68. The molecule has 1 aliphatic rings. The van der Waals surface area contributed by atoms with Crippen molar-refractivity contribution in [2.24, 2.45) is 0 Å². The standard InChI is InChI=1S/C15H22N2O2/c1-3-16-14-7-5-13(6-8-14)15(18)17-9-4-10-19-12(2)11-17/h5-8,12,16H,3-4,9-11H2,1-2H3. The Balaban J connectivity index is 2.05. The zero-order chi connectivity index (χ0) is 13.7. The molecule has 1 unspecified atom stereocenters. The van der Waals surface area contributed by atoms with E-state index < -0.39 is 0 Å². The second kappa shape index (κ2) is 6.57. The Labute approximate surface area is 114 Å². The Kier molecular flexibility index (Phi) is 4.80. The molecule has 4 nitrogen and oxygen atoms in total. The molecule has 0 spiro atoms. The van der Waals surface area contributed by atoms with Gasteiger partial charge in [0.25, 0.3) is 5.91 Å². The van der Waals surface area contributed by atoms with Crippen molar-refractivity contribution in [1.82, 2.24) is 4.90 Å². The summed E-state index contributed by atoms with van der Waals surface area (Å²) in [6.45, 7) is 7.14. The number of nitrogens with one attached hydrogen (secondary N) is 1. The number of anilines is 1. The van der Waals surface area contributed by atoms with Crippen molar-refractivity contribution in [3.8, 4) is 0 Å². The zero-order valence-electron chi connectivity index (χ0n) is 11.7. The van der Waals surface area contributed by atoms with Gasteiger partial charge in [0, 0.05) is 37.5 Å². The van der Waals surface area contributed by atoms with Crippen LogP contribution in [0.25, 0.3) is 0 Å². The third kappa shape index (κ3) is 3.70. The van der Waals surface area contributed by atoms with Crippen LogP contribution in [0.15, 0.2) is 24.3 Å². The predicted octanol–water partition coefficient (Wildman–Crippen LogP) is 2.37. The van der Waals surface area contributed by atoms with Gasteiger partial charge in [-0.1, -0.05) is 0 Å². The van der Waals surface area contributed by atoms with Gasteiger partial charge in [-0.25, -0.2) is 0 Å². The molecule has 4 heteroatoms. The highest BCUT2D eigenvalue weighted by atomic mass is 16.5. The van der Waals surface area contributed by atoms with Gasteiger partial charge in [0.05, 0.1) is 6.10 Å². The molecule has 19 heavy (non-hydrogen) atoms. The zero-order valence-corrected chi connectivity index (χ0v) is 11.7. The number of hydrogen-bond donors (Lipinski definition) is 1. The highest BCUT2D eigenvalue weighted by Crippen LogP contribution is 2.14. The van der Waals surface area contributed by atoms with Crippen molar-refractivity contribution >= 4 is 11.6 Å². The number of amides is 1. The lowest BCUT2D eigenvalue weighted by Gasteiger charge is -2.22. The van der Waals surface area contributed by atoms with Crippen molar-refractivity contribution < 1.29 is 9.53 Å². The minimum absolute atomic E-state index is 0.0976. The maximum absolute atomic E-state index is 12.4. The van der Waals surface area contributed by atoms with Gasteiger partial charge in [-0.3, -0.25) is 4.79 Å². The van der Waals surface area contributed by atoms with Crippen molar-refractivity contribution in [2.45, 2.75) is 26.4 Å². The predicted molar refractivity (Wildman–Crippen MR) is 76.5 cm³/mol. The second-order valence-corrected chi connectivity index (χ2v) is 4.89. The van der Waals surface area contributed by atoms with Crippen LogP contribution in [0.3, 0.4) is 0 Å². The minimum atomic E-state index is 0.0976. The Morgan fingerprint density at radius 3 is 2.84 bits per heavy atom. The van der Waals surface area contributed by atoms with Gasteiger partial charge < -0.3 is 15.0 Å². The topological polar surface area (TPSA) is 41.6 Å². The molecule has 1 amide bonds. The van der Waals surface area contributed by atoms with Crippen LogP contribution in [0.2, 0.25) is 0 Å². The molecule has 1 fully saturated rings. The van der Waals surface area contributed by atoms with Crippen molar-refractivity contribution in [1.29, 1.82) is 0 Å². The Morgan fingerprint density at radius 1 is 1.42 bits per heavy atom. The average molecular weight is 262 g/mol. The molecule has 2 rings (SSSR count). The summed E-state index contributed by atoms with van der Waals surface area (Å²) in [4.78, 5) is 14.3. The van der Waals surface area contributed by atoms with Crippen LogP contribution < -0.4 is 5.32 Å². The summed E-state index contributed by atoms with van der Waals surface area (Å²) in [5.74, 6) is 0.0976. The van der Waals surface area contributed by atoms with Crippen LogP contribution in [-0.4, -0.2) is 43.2 Å². The molecule has 1 saturated heterocycles. The lowest BCUT2D eigenvalue weighted by atomic mass is 10.1. The normalized spacial score (nSPS) is 19.9. The van der Waals surface area contributed by atoms with Gasteiger partial charge in [0.15, 0.2) is 0 Å². The van der Waals surface area contributed by atoms with E-state index in [1.165, 1.54) is 0 Å². The molecule has 1 heterocycles. The lowest BCUT2D eigenvalue weighted by Crippen LogP contribution is -2.35. The summed E-state index contributed by atoms with van der Waals surface area (Å²) in [5.41, 5.74) is 1.79. The van der Waals surface area contributed by atoms with E-state index in [9.17, 15) is 4.79 Å². The first-order valence-electron chi connectivity index (χ1n) is 6.95. The van der Waals surface area contributed by atoms with Gasteiger partial charge in [-0.2, -0.15) is 0 Å². The summed E-state index contributed by atoms with van der Waals surface area (Å²) in [6.07, 6.45) is 1.03. The van der Waals surface area contributed by atoms with E-state index in [1.54, 1.807) is 0 Å². The van der Waals surface area contributed by atoms with Crippen LogP contribution in [0.4, 0.5) is 5.69 Å². The fraction of sp³-hybridized carbons (Fsp3) is 0.533. The summed E-state index contributed by atoms with van der Waals surface area (Å²) >= 11 is 0. The fourth-order valence-corrected chi connectivity index (χ4v) is 2.30. The number of carbonyl (C=O) groups excluding carboxylic acids is 1.